The van der Waals surface area contributed by atoms with Crippen LogP contribution in [0.15, 0.2) is 18.7 Å². The van der Waals surface area contributed by atoms with E-state index in [9.17, 15) is 0 Å². The van der Waals surface area contributed by atoms with Gasteiger partial charge in [-0.3, -0.25) is 0 Å². The van der Waals surface area contributed by atoms with E-state index in [1.807, 2.05) is 12.5 Å². The Labute approximate surface area is 85.0 Å². The third kappa shape index (κ3) is 4.99. The maximum absolute atomic E-state index is 8.98. The smallest absolute Gasteiger partial charge is 0.0945 e. The lowest BCUT2D eigenvalue weighted by atomic mass is 10.3. The minimum Gasteiger partial charge on any atom is -0.392 e. The zero-order valence-corrected chi connectivity index (χ0v) is 8.69. The van der Waals surface area contributed by atoms with Crippen LogP contribution in [0.5, 0.6) is 0 Å². The molecule has 0 spiro atoms. The Morgan fingerprint density at radius 1 is 1.50 bits per heavy atom. The highest BCUT2D eigenvalue weighted by atomic mass is 16.3. The Balaban J connectivity index is 1.90. The van der Waals surface area contributed by atoms with E-state index >= 15 is 0 Å². The molecule has 0 saturated heterocycles. The Kier molecular flexibility index (Phi) is 5.25. The van der Waals surface area contributed by atoms with Crippen molar-refractivity contribution in [3.05, 3.63) is 18.7 Å². The highest BCUT2D eigenvalue weighted by Crippen LogP contribution is 1.93. The molecule has 0 aliphatic heterocycles. The van der Waals surface area contributed by atoms with E-state index in [1.54, 1.807) is 13.1 Å². The van der Waals surface area contributed by atoms with Gasteiger partial charge in [0, 0.05) is 25.5 Å². The number of nitrogens with one attached hydrogen (secondary N) is 1. The number of aryl methyl sites for hydroxylation is 1. The van der Waals surface area contributed by atoms with E-state index in [2.05, 4.69) is 14.9 Å². The van der Waals surface area contributed by atoms with Crippen LogP contribution in [0, 0.1) is 0 Å². The summed E-state index contributed by atoms with van der Waals surface area (Å²) in [5.41, 5.74) is 0. The van der Waals surface area contributed by atoms with Gasteiger partial charge in [-0.25, -0.2) is 4.98 Å². The van der Waals surface area contributed by atoms with E-state index in [1.165, 1.54) is 0 Å². The lowest BCUT2D eigenvalue weighted by Crippen LogP contribution is -2.25. The Morgan fingerprint density at radius 2 is 2.36 bits per heavy atom. The topological polar surface area (TPSA) is 50.1 Å². The Bertz CT molecular complexity index is 221. The maximum atomic E-state index is 8.98. The summed E-state index contributed by atoms with van der Waals surface area (Å²) in [7, 11) is 0. The van der Waals surface area contributed by atoms with Crippen molar-refractivity contribution in [1.29, 1.82) is 0 Å². The first kappa shape index (κ1) is 11.2. The average Bonchev–Trinajstić information content (AvgIpc) is 2.63. The number of unbranched alkanes of at least 4 members (excludes halogenated alkanes) is 1. The van der Waals surface area contributed by atoms with Gasteiger partial charge in [0.1, 0.15) is 0 Å². The standard InChI is InChI=1S/C10H19N3O/c1-10(14)8-11-4-2-3-6-13-7-5-12-9-13/h5,7,9-11,14H,2-4,6,8H2,1H3. The van der Waals surface area contributed by atoms with Crippen molar-refractivity contribution >= 4 is 0 Å². The molecule has 1 heterocycles. The molecule has 0 aromatic carbocycles. The van der Waals surface area contributed by atoms with Crippen LogP contribution in [0.3, 0.4) is 0 Å². The summed E-state index contributed by atoms with van der Waals surface area (Å²) >= 11 is 0. The lowest BCUT2D eigenvalue weighted by molar-refractivity contribution is 0.191. The van der Waals surface area contributed by atoms with Gasteiger partial charge in [-0.15, -0.1) is 0 Å². The van der Waals surface area contributed by atoms with Crippen molar-refractivity contribution in [2.45, 2.75) is 32.4 Å². The Morgan fingerprint density at radius 3 is 3.00 bits per heavy atom. The van der Waals surface area contributed by atoms with Crippen molar-refractivity contribution in [2.75, 3.05) is 13.1 Å². The summed E-state index contributed by atoms with van der Waals surface area (Å²) in [6.07, 6.45) is 7.63. The second kappa shape index (κ2) is 6.56. The SMILES string of the molecule is CC(O)CNCCCCn1ccnc1. The molecule has 0 aliphatic rings. The van der Waals surface area contributed by atoms with Crippen LogP contribution in [0.4, 0.5) is 0 Å². The predicted octanol–water partition coefficient (Wildman–Crippen LogP) is 0.634. The van der Waals surface area contributed by atoms with Crippen molar-refractivity contribution < 1.29 is 5.11 Å². The van der Waals surface area contributed by atoms with Gasteiger partial charge in [0.25, 0.3) is 0 Å². The molecule has 1 unspecified atom stereocenters. The maximum Gasteiger partial charge on any atom is 0.0945 e. The van der Waals surface area contributed by atoms with Crippen LogP contribution >= 0.6 is 0 Å². The van der Waals surface area contributed by atoms with Gasteiger partial charge < -0.3 is 15.0 Å². The zero-order valence-electron chi connectivity index (χ0n) is 8.69. The largest absolute Gasteiger partial charge is 0.392 e. The van der Waals surface area contributed by atoms with E-state index in [4.69, 9.17) is 5.11 Å². The van der Waals surface area contributed by atoms with Crippen LogP contribution in [0.25, 0.3) is 0 Å². The van der Waals surface area contributed by atoms with Crippen molar-refractivity contribution in [3.63, 3.8) is 0 Å². The van der Waals surface area contributed by atoms with E-state index < -0.39 is 0 Å². The summed E-state index contributed by atoms with van der Waals surface area (Å²) in [5.74, 6) is 0. The molecule has 0 radical (unpaired) electrons. The van der Waals surface area contributed by atoms with E-state index in [0.717, 1.165) is 25.9 Å². The molecule has 80 valence electrons. The van der Waals surface area contributed by atoms with Gasteiger partial charge in [-0.1, -0.05) is 0 Å². The fraction of sp³-hybridized carbons (Fsp3) is 0.700. The molecule has 1 aromatic rings. The molecule has 0 saturated carbocycles. The fourth-order valence-corrected chi connectivity index (χ4v) is 1.27. The van der Waals surface area contributed by atoms with Crippen molar-refractivity contribution in [1.82, 2.24) is 14.9 Å². The number of aromatic nitrogens is 2. The second-order valence-electron chi connectivity index (χ2n) is 3.56. The molecule has 0 fully saturated rings. The highest BCUT2D eigenvalue weighted by molar-refractivity contribution is 4.73. The van der Waals surface area contributed by atoms with Crippen LogP contribution in [0.1, 0.15) is 19.8 Å². The summed E-state index contributed by atoms with van der Waals surface area (Å²) in [6, 6.07) is 0. The molecule has 2 N–H and O–H groups in total. The Hall–Kier alpha value is -0.870. The van der Waals surface area contributed by atoms with Crippen LogP contribution in [0.2, 0.25) is 0 Å². The average molecular weight is 197 g/mol. The molecule has 14 heavy (non-hydrogen) atoms. The van der Waals surface area contributed by atoms with Crippen molar-refractivity contribution in [3.8, 4) is 0 Å². The summed E-state index contributed by atoms with van der Waals surface area (Å²) in [6.45, 7) is 4.47. The molecule has 0 aliphatic carbocycles. The summed E-state index contributed by atoms with van der Waals surface area (Å²) in [5, 5.41) is 12.2. The van der Waals surface area contributed by atoms with Gasteiger partial charge in [0.2, 0.25) is 0 Å². The van der Waals surface area contributed by atoms with Crippen molar-refractivity contribution in [2.24, 2.45) is 0 Å². The number of imidazole rings is 1. The first-order valence-corrected chi connectivity index (χ1v) is 5.13. The third-order valence-corrected chi connectivity index (χ3v) is 2.02. The minimum absolute atomic E-state index is 0.247. The van der Waals surface area contributed by atoms with Gasteiger partial charge in [-0.2, -0.15) is 0 Å². The molecule has 1 atom stereocenters. The number of aliphatic hydroxyl groups is 1. The van der Waals surface area contributed by atoms with Gasteiger partial charge in [0.05, 0.1) is 12.4 Å². The number of hydrogen-bond acceptors (Lipinski definition) is 3. The normalized spacial score (nSPS) is 13.0. The molecule has 1 rings (SSSR count). The molecule has 4 nitrogen and oxygen atoms in total. The highest BCUT2D eigenvalue weighted by Gasteiger charge is 1.94. The third-order valence-electron chi connectivity index (χ3n) is 2.02. The molecular formula is C10H19N3O. The summed E-state index contributed by atoms with van der Waals surface area (Å²) in [4.78, 5) is 3.97. The number of nitrogens with zero attached hydrogens (tertiary/aromatic N) is 2. The number of aliphatic hydroxyl groups excluding tert-OH is 1. The molecule has 4 heteroatoms. The lowest BCUT2D eigenvalue weighted by Gasteiger charge is -2.06. The van der Waals surface area contributed by atoms with Crippen LogP contribution in [-0.2, 0) is 6.54 Å². The quantitative estimate of drug-likeness (QED) is 0.630. The molecule has 0 bridgehead atoms. The molecule has 1 aromatic heterocycles. The predicted molar refractivity (Wildman–Crippen MR) is 56.0 cm³/mol. The molecular weight excluding hydrogens is 178 g/mol. The number of hydrogen-bond donors (Lipinski definition) is 2. The first-order valence-electron chi connectivity index (χ1n) is 5.13. The zero-order chi connectivity index (χ0) is 10.2. The monoisotopic (exact) mass is 197 g/mol. The molecule has 0 amide bonds. The second-order valence-corrected chi connectivity index (χ2v) is 3.56. The van der Waals surface area contributed by atoms with E-state index in [0.29, 0.717) is 6.54 Å². The summed E-state index contributed by atoms with van der Waals surface area (Å²) < 4.78 is 2.08. The van der Waals surface area contributed by atoms with E-state index in [-0.39, 0.29) is 6.10 Å². The van der Waals surface area contributed by atoms with Gasteiger partial charge in [-0.05, 0) is 26.3 Å². The van der Waals surface area contributed by atoms with Gasteiger partial charge >= 0.3 is 0 Å². The fourth-order valence-electron chi connectivity index (χ4n) is 1.27. The van der Waals surface area contributed by atoms with Crippen LogP contribution in [-0.4, -0.2) is 33.9 Å². The number of rotatable bonds is 7. The van der Waals surface area contributed by atoms with Crippen LogP contribution < -0.4 is 5.32 Å². The minimum atomic E-state index is -0.247. The van der Waals surface area contributed by atoms with Gasteiger partial charge in [0.15, 0.2) is 0 Å². The first-order chi connectivity index (χ1) is 6.79.